The number of aromatic nitrogens is 1. The van der Waals surface area contributed by atoms with Crippen molar-refractivity contribution in [1.29, 1.82) is 0 Å². The molecular formula is C29H23N3O3. The van der Waals surface area contributed by atoms with E-state index in [9.17, 15) is 9.59 Å². The summed E-state index contributed by atoms with van der Waals surface area (Å²) in [5.74, 6) is -0.654. The predicted molar refractivity (Wildman–Crippen MR) is 138 cm³/mol. The third kappa shape index (κ3) is 4.54. The number of nitrogens with one attached hydrogen (secondary N) is 2. The maximum Gasteiger partial charge on any atom is 0.338 e. The lowest BCUT2D eigenvalue weighted by Gasteiger charge is -2.15. The van der Waals surface area contributed by atoms with Crippen LogP contribution in [0.3, 0.4) is 0 Å². The van der Waals surface area contributed by atoms with Crippen molar-refractivity contribution in [2.75, 3.05) is 17.2 Å². The van der Waals surface area contributed by atoms with Crippen molar-refractivity contribution in [3.05, 3.63) is 114 Å². The molecule has 2 heterocycles. The molecule has 1 aliphatic rings. The second-order valence-electron chi connectivity index (χ2n) is 7.99. The number of nitrogens with zero attached hydrogens (tertiary/aromatic N) is 1. The highest BCUT2D eigenvalue weighted by atomic mass is 16.5. The van der Waals surface area contributed by atoms with Gasteiger partial charge in [0.15, 0.2) is 0 Å². The van der Waals surface area contributed by atoms with E-state index in [1.807, 2.05) is 66.7 Å². The summed E-state index contributed by atoms with van der Waals surface area (Å²) in [5, 5.41) is 6.36. The van der Waals surface area contributed by atoms with Gasteiger partial charge in [-0.05, 0) is 60.0 Å². The summed E-state index contributed by atoms with van der Waals surface area (Å²) in [6.07, 6.45) is 3.53. The Morgan fingerprint density at radius 3 is 2.31 bits per heavy atom. The molecule has 0 atom stereocenters. The fourth-order valence-corrected chi connectivity index (χ4v) is 4.08. The van der Waals surface area contributed by atoms with Crippen molar-refractivity contribution in [2.24, 2.45) is 0 Å². The quantitative estimate of drug-likeness (QED) is 0.278. The first-order chi connectivity index (χ1) is 17.1. The van der Waals surface area contributed by atoms with Crippen LogP contribution in [0, 0.1) is 0 Å². The molecule has 6 heteroatoms. The molecule has 5 rings (SSSR count). The zero-order valence-corrected chi connectivity index (χ0v) is 19.1. The number of amides is 1. The van der Waals surface area contributed by atoms with Gasteiger partial charge >= 0.3 is 5.97 Å². The number of esters is 1. The Labute approximate surface area is 203 Å². The summed E-state index contributed by atoms with van der Waals surface area (Å²) >= 11 is 0. The molecule has 0 unspecified atom stereocenters. The standard InChI is InChI=1S/C29H23N3O3/c1-2-35-29(34)22-10-13-24-25(18-22)32-28(33)26(24)27(21-6-4-3-5-7-21)31-23-11-8-19(9-12-23)20-14-16-30-17-15-20/h3-18,31H,2H2,1H3,(H,32,33)/b27-26-. The van der Waals surface area contributed by atoms with Crippen molar-refractivity contribution < 1.29 is 14.3 Å². The minimum absolute atomic E-state index is 0.235. The summed E-state index contributed by atoms with van der Waals surface area (Å²) in [5.41, 5.74) is 6.77. The molecule has 172 valence electrons. The van der Waals surface area contributed by atoms with E-state index in [0.29, 0.717) is 22.5 Å². The Balaban J connectivity index is 1.55. The van der Waals surface area contributed by atoms with Crippen LogP contribution in [0.4, 0.5) is 11.4 Å². The average Bonchev–Trinajstić information content (AvgIpc) is 3.23. The first kappa shape index (κ1) is 22.1. The lowest BCUT2D eigenvalue weighted by Crippen LogP contribution is -2.10. The number of fused-ring (bicyclic) bond motifs is 1. The number of hydrogen-bond acceptors (Lipinski definition) is 5. The number of hydrogen-bond donors (Lipinski definition) is 2. The number of carbonyl (C=O) groups is 2. The van der Waals surface area contributed by atoms with Crippen molar-refractivity contribution in [2.45, 2.75) is 6.92 Å². The lowest BCUT2D eigenvalue weighted by molar-refractivity contribution is -0.110. The minimum Gasteiger partial charge on any atom is -0.462 e. The van der Waals surface area contributed by atoms with Crippen LogP contribution in [-0.2, 0) is 9.53 Å². The van der Waals surface area contributed by atoms with E-state index in [-0.39, 0.29) is 12.5 Å². The van der Waals surface area contributed by atoms with E-state index >= 15 is 0 Å². The monoisotopic (exact) mass is 461 g/mol. The fraction of sp³-hybridized carbons (Fsp3) is 0.0690. The third-order valence-corrected chi connectivity index (χ3v) is 5.76. The summed E-state index contributed by atoms with van der Waals surface area (Å²) in [7, 11) is 0. The van der Waals surface area contributed by atoms with Gasteiger partial charge in [0, 0.05) is 23.6 Å². The Kier molecular flexibility index (Phi) is 6.09. The van der Waals surface area contributed by atoms with Gasteiger partial charge in [-0.25, -0.2) is 4.79 Å². The van der Waals surface area contributed by atoms with Gasteiger partial charge in [-0.3, -0.25) is 9.78 Å². The lowest BCUT2D eigenvalue weighted by atomic mass is 9.99. The van der Waals surface area contributed by atoms with E-state index in [0.717, 1.165) is 27.9 Å². The molecule has 3 aromatic carbocycles. The largest absolute Gasteiger partial charge is 0.462 e. The van der Waals surface area contributed by atoms with Crippen LogP contribution < -0.4 is 10.6 Å². The van der Waals surface area contributed by atoms with E-state index < -0.39 is 5.97 Å². The van der Waals surface area contributed by atoms with Gasteiger partial charge in [-0.2, -0.15) is 0 Å². The van der Waals surface area contributed by atoms with Crippen molar-refractivity contribution in [3.8, 4) is 11.1 Å². The molecule has 1 aliphatic heterocycles. The second-order valence-corrected chi connectivity index (χ2v) is 7.99. The topological polar surface area (TPSA) is 80.3 Å². The van der Waals surface area contributed by atoms with Crippen LogP contribution in [0.25, 0.3) is 22.4 Å². The summed E-state index contributed by atoms with van der Waals surface area (Å²) < 4.78 is 5.10. The van der Waals surface area contributed by atoms with E-state index in [2.05, 4.69) is 15.6 Å². The number of benzene rings is 3. The molecule has 4 aromatic rings. The van der Waals surface area contributed by atoms with E-state index in [4.69, 9.17) is 4.74 Å². The number of rotatable bonds is 6. The van der Waals surface area contributed by atoms with Gasteiger partial charge in [0.1, 0.15) is 0 Å². The van der Waals surface area contributed by atoms with Gasteiger partial charge < -0.3 is 15.4 Å². The van der Waals surface area contributed by atoms with Gasteiger partial charge in [0.2, 0.25) is 0 Å². The molecule has 6 nitrogen and oxygen atoms in total. The number of pyridine rings is 1. The molecule has 0 saturated heterocycles. The highest BCUT2D eigenvalue weighted by Gasteiger charge is 2.29. The molecule has 0 spiro atoms. The molecule has 1 aromatic heterocycles. The van der Waals surface area contributed by atoms with E-state index in [1.54, 1.807) is 37.5 Å². The SMILES string of the molecule is CCOC(=O)c1ccc2c(c1)NC(=O)/C2=C(\Nc1ccc(-c2ccncc2)cc1)c1ccccc1. The maximum absolute atomic E-state index is 13.2. The van der Waals surface area contributed by atoms with Gasteiger partial charge in [-0.15, -0.1) is 0 Å². The average molecular weight is 462 g/mol. The van der Waals surface area contributed by atoms with Crippen molar-refractivity contribution >= 4 is 34.5 Å². The fourth-order valence-electron chi connectivity index (χ4n) is 4.08. The minimum atomic E-state index is -0.419. The molecule has 0 aliphatic carbocycles. The van der Waals surface area contributed by atoms with Gasteiger partial charge in [-0.1, -0.05) is 48.5 Å². The molecule has 0 bridgehead atoms. The maximum atomic E-state index is 13.2. The van der Waals surface area contributed by atoms with Crippen LogP contribution in [0.1, 0.15) is 28.4 Å². The molecule has 0 radical (unpaired) electrons. The number of ether oxygens (including phenoxy) is 1. The van der Waals surface area contributed by atoms with Crippen molar-refractivity contribution in [3.63, 3.8) is 0 Å². The van der Waals surface area contributed by atoms with E-state index in [1.165, 1.54) is 0 Å². The molecular weight excluding hydrogens is 438 g/mol. The van der Waals surface area contributed by atoms with Crippen LogP contribution >= 0.6 is 0 Å². The zero-order chi connectivity index (χ0) is 24.2. The van der Waals surface area contributed by atoms with Crippen LogP contribution in [-0.4, -0.2) is 23.5 Å². The predicted octanol–water partition coefficient (Wildman–Crippen LogP) is 5.86. The van der Waals surface area contributed by atoms with Crippen LogP contribution in [0.2, 0.25) is 0 Å². The van der Waals surface area contributed by atoms with Crippen LogP contribution in [0.15, 0.2) is 97.3 Å². The Bertz CT molecular complexity index is 1410. The molecule has 0 fully saturated rings. The molecule has 0 saturated carbocycles. The van der Waals surface area contributed by atoms with Gasteiger partial charge in [0.05, 0.1) is 29.1 Å². The molecule has 35 heavy (non-hydrogen) atoms. The third-order valence-electron chi connectivity index (χ3n) is 5.76. The van der Waals surface area contributed by atoms with Crippen LogP contribution in [0.5, 0.6) is 0 Å². The Hall–Kier alpha value is -4.71. The van der Waals surface area contributed by atoms with Gasteiger partial charge in [0.25, 0.3) is 5.91 Å². The normalized spacial score (nSPS) is 13.6. The Morgan fingerprint density at radius 1 is 0.886 bits per heavy atom. The summed E-state index contributed by atoms with van der Waals surface area (Å²) in [6.45, 7) is 2.05. The Morgan fingerprint density at radius 2 is 1.60 bits per heavy atom. The number of anilines is 2. The summed E-state index contributed by atoms with van der Waals surface area (Å²) in [4.78, 5) is 29.4. The second kappa shape index (κ2) is 9.65. The smallest absolute Gasteiger partial charge is 0.338 e. The molecule has 2 N–H and O–H groups in total. The van der Waals surface area contributed by atoms with Crippen molar-refractivity contribution in [1.82, 2.24) is 4.98 Å². The highest BCUT2D eigenvalue weighted by Crippen LogP contribution is 2.38. The number of carbonyl (C=O) groups excluding carboxylic acids is 2. The summed E-state index contributed by atoms with van der Waals surface area (Å²) in [6, 6.07) is 26.8. The molecule has 1 amide bonds. The zero-order valence-electron chi connectivity index (χ0n) is 19.1. The first-order valence-corrected chi connectivity index (χ1v) is 11.3. The highest BCUT2D eigenvalue weighted by molar-refractivity contribution is 6.37. The first-order valence-electron chi connectivity index (χ1n) is 11.3.